The third kappa shape index (κ3) is 6.11. The van der Waals surface area contributed by atoms with Gasteiger partial charge in [-0.2, -0.15) is 13.2 Å². The first kappa shape index (κ1) is 27.2. The molecule has 2 heterocycles. The smallest absolute Gasteiger partial charge is 0.416 e. The number of esters is 1. The maximum Gasteiger partial charge on any atom is 0.416 e. The van der Waals surface area contributed by atoms with E-state index < -0.39 is 17.6 Å². The number of likely N-dealkylation sites (tertiary alicyclic amines) is 1. The van der Waals surface area contributed by atoms with E-state index in [0.717, 1.165) is 42.8 Å². The molecule has 5 rings (SSSR count). The Morgan fingerprint density at radius 1 is 1.03 bits per heavy atom. The van der Waals surface area contributed by atoms with Crippen molar-refractivity contribution in [3.05, 3.63) is 59.2 Å². The van der Waals surface area contributed by atoms with Crippen LogP contribution in [0, 0.1) is 5.92 Å². The van der Waals surface area contributed by atoms with Gasteiger partial charge in [0.1, 0.15) is 0 Å². The number of alkyl halides is 3. The minimum Gasteiger partial charge on any atom is -0.469 e. The molecule has 1 N–H and O–H groups in total. The number of hydrogen-bond donors (Lipinski definition) is 1. The number of aromatic nitrogens is 2. The van der Waals surface area contributed by atoms with Crippen LogP contribution in [-0.4, -0.2) is 46.5 Å². The number of ether oxygens (including phenoxy) is 1. The predicted molar refractivity (Wildman–Crippen MR) is 141 cm³/mol. The standard InChI is InChI=1S/C29H33F3N4O3/c1-39-27(38)20-9-11-23(12-10-20)36-25-16-19(18-35-14-3-2-4-15-35)8-13-24(25)33-28(36)34-26(37)21-6-5-7-22(17-21)29(30,31)32/h5-8,13,16-17,20,23H,2-4,9-12,14-15,18H2,1H3,(H,33,34,37). The van der Waals surface area contributed by atoms with Crippen LogP contribution >= 0.6 is 0 Å². The molecule has 0 radical (unpaired) electrons. The highest BCUT2D eigenvalue weighted by Crippen LogP contribution is 2.38. The molecule has 1 aliphatic heterocycles. The van der Waals surface area contributed by atoms with Gasteiger partial charge in [-0.25, -0.2) is 4.98 Å². The number of methoxy groups -OCH3 is 1. The van der Waals surface area contributed by atoms with E-state index in [1.807, 2.05) is 16.7 Å². The number of carbonyl (C=O) groups excluding carboxylic acids is 2. The molecular weight excluding hydrogens is 509 g/mol. The topological polar surface area (TPSA) is 76.5 Å². The average Bonchev–Trinajstić information content (AvgIpc) is 3.29. The van der Waals surface area contributed by atoms with Gasteiger partial charge in [0.25, 0.3) is 5.91 Å². The van der Waals surface area contributed by atoms with Gasteiger partial charge in [0.15, 0.2) is 0 Å². The van der Waals surface area contributed by atoms with Crippen molar-refractivity contribution in [3.8, 4) is 0 Å². The Hall–Kier alpha value is -3.40. The number of nitrogens with one attached hydrogen (secondary N) is 1. The van der Waals surface area contributed by atoms with E-state index in [-0.39, 0.29) is 23.5 Å². The maximum absolute atomic E-state index is 13.2. The Morgan fingerprint density at radius 3 is 2.46 bits per heavy atom. The summed E-state index contributed by atoms with van der Waals surface area (Å²) in [4.78, 5) is 32.3. The van der Waals surface area contributed by atoms with Crippen LogP contribution in [0.15, 0.2) is 42.5 Å². The Balaban J connectivity index is 1.46. The summed E-state index contributed by atoms with van der Waals surface area (Å²) in [7, 11) is 1.39. The maximum atomic E-state index is 13.2. The quantitative estimate of drug-likeness (QED) is 0.376. The summed E-state index contributed by atoms with van der Waals surface area (Å²) in [5.41, 5.74) is 1.73. The number of carbonyl (C=O) groups is 2. The third-order valence-electron chi connectivity index (χ3n) is 7.88. The summed E-state index contributed by atoms with van der Waals surface area (Å²) in [6.07, 6.45) is 1.75. The first-order valence-electron chi connectivity index (χ1n) is 13.5. The predicted octanol–water partition coefficient (Wildman–Crippen LogP) is 6.20. The first-order valence-corrected chi connectivity index (χ1v) is 13.5. The third-order valence-corrected chi connectivity index (χ3v) is 7.88. The second kappa shape index (κ2) is 11.4. The van der Waals surface area contributed by atoms with Crippen LogP contribution in [0.3, 0.4) is 0 Å². The fraction of sp³-hybridized carbons (Fsp3) is 0.483. The van der Waals surface area contributed by atoms with E-state index in [4.69, 9.17) is 4.74 Å². The molecule has 0 bridgehead atoms. The van der Waals surface area contributed by atoms with Crippen molar-refractivity contribution in [1.82, 2.24) is 14.5 Å². The Bertz CT molecular complexity index is 1340. The highest BCUT2D eigenvalue weighted by Gasteiger charge is 2.32. The monoisotopic (exact) mass is 542 g/mol. The van der Waals surface area contributed by atoms with Crippen molar-refractivity contribution in [2.24, 2.45) is 5.92 Å². The largest absolute Gasteiger partial charge is 0.469 e. The van der Waals surface area contributed by atoms with E-state index in [1.54, 1.807) is 0 Å². The Kier molecular flexibility index (Phi) is 7.93. The molecule has 39 heavy (non-hydrogen) atoms. The molecule has 3 aromatic rings. The number of piperidine rings is 1. The molecule has 2 aliphatic rings. The van der Waals surface area contributed by atoms with Crippen molar-refractivity contribution >= 4 is 28.9 Å². The minimum atomic E-state index is -4.55. The minimum absolute atomic E-state index is 0.0297. The molecule has 1 saturated heterocycles. The fourth-order valence-electron chi connectivity index (χ4n) is 5.82. The van der Waals surface area contributed by atoms with Gasteiger partial charge in [-0.15, -0.1) is 0 Å². The second-order valence-corrected chi connectivity index (χ2v) is 10.5. The van der Waals surface area contributed by atoms with Gasteiger partial charge < -0.3 is 9.30 Å². The molecule has 1 aliphatic carbocycles. The molecule has 2 fully saturated rings. The summed E-state index contributed by atoms with van der Waals surface area (Å²) in [6.45, 7) is 2.95. The molecule has 1 aromatic heterocycles. The van der Waals surface area contributed by atoms with Crippen LogP contribution in [0.2, 0.25) is 0 Å². The lowest BCUT2D eigenvalue weighted by Crippen LogP contribution is -2.29. The first-order chi connectivity index (χ1) is 18.7. The summed E-state index contributed by atoms with van der Waals surface area (Å²) >= 11 is 0. The lowest BCUT2D eigenvalue weighted by atomic mass is 9.86. The lowest BCUT2D eigenvalue weighted by molar-refractivity contribution is -0.146. The number of anilines is 1. The van der Waals surface area contributed by atoms with Gasteiger partial charge in [0, 0.05) is 18.2 Å². The van der Waals surface area contributed by atoms with E-state index in [0.29, 0.717) is 37.1 Å². The molecule has 1 amide bonds. The van der Waals surface area contributed by atoms with Crippen molar-refractivity contribution < 1.29 is 27.5 Å². The van der Waals surface area contributed by atoms with E-state index in [9.17, 15) is 22.8 Å². The normalized spacial score (nSPS) is 20.6. The zero-order valence-electron chi connectivity index (χ0n) is 22.0. The van der Waals surface area contributed by atoms with Crippen LogP contribution in [-0.2, 0) is 22.3 Å². The highest BCUT2D eigenvalue weighted by molar-refractivity contribution is 6.04. The average molecular weight is 543 g/mol. The van der Waals surface area contributed by atoms with Crippen molar-refractivity contribution in [2.45, 2.75) is 63.7 Å². The van der Waals surface area contributed by atoms with E-state index >= 15 is 0 Å². The number of nitrogens with zero attached hydrogens (tertiary/aromatic N) is 3. The van der Waals surface area contributed by atoms with Crippen LogP contribution in [0.1, 0.15) is 72.5 Å². The molecule has 0 unspecified atom stereocenters. The Labute approximate surface area is 225 Å². The summed E-state index contributed by atoms with van der Waals surface area (Å²) < 4.78 is 46.6. The van der Waals surface area contributed by atoms with Crippen molar-refractivity contribution in [3.63, 3.8) is 0 Å². The van der Waals surface area contributed by atoms with Crippen molar-refractivity contribution in [2.75, 3.05) is 25.5 Å². The highest BCUT2D eigenvalue weighted by atomic mass is 19.4. The molecule has 1 saturated carbocycles. The van der Waals surface area contributed by atoms with Gasteiger partial charge in [0.2, 0.25) is 5.95 Å². The van der Waals surface area contributed by atoms with Gasteiger partial charge >= 0.3 is 12.1 Å². The molecule has 10 heteroatoms. The van der Waals surface area contributed by atoms with Gasteiger partial charge in [-0.3, -0.25) is 19.8 Å². The summed E-state index contributed by atoms with van der Waals surface area (Å²) in [5, 5.41) is 2.78. The summed E-state index contributed by atoms with van der Waals surface area (Å²) in [5.74, 6) is -0.747. The molecule has 7 nitrogen and oxygen atoms in total. The number of fused-ring (bicyclic) bond motifs is 1. The zero-order valence-corrected chi connectivity index (χ0v) is 22.0. The molecule has 0 atom stereocenters. The molecule has 2 aromatic carbocycles. The van der Waals surface area contributed by atoms with Gasteiger partial charge in [0.05, 0.1) is 29.6 Å². The molecular formula is C29H33F3N4O3. The van der Waals surface area contributed by atoms with Crippen LogP contribution in [0.5, 0.6) is 0 Å². The number of imidazole rings is 1. The second-order valence-electron chi connectivity index (χ2n) is 10.5. The van der Waals surface area contributed by atoms with Crippen molar-refractivity contribution in [1.29, 1.82) is 0 Å². The number of halogens is 3. The van der Waals surface area contributed by atoms with Crippen LogP contribution in [0.4, 0.5) is 19.1 Å². The summed E-state index contributed by atoms with van der Waals surface area (Å²) in [6, 6.07) is 10.4. The van der Waals surface area contributed by atoms with Gasteiger partial charge in [-0.05, 0) is 87.5 Å². The van der Waals surface area contributed by atoms with Crippen LogP contribution < -0.4 is 5.32 Å². The molecule has 208 valence electrons. The van der Waals surface area contributed by atoms with E-state index in [2.05, 4.69) is 21.3 Å². The zero-order chi connectivity index (χ0) is 27.6. The number of hydrogen-bond acceptors (Lipinski definition) is 5. The fourth-order valence-corrected chi connectivity index (χ4v) is 5.82. The molecule has 0 spiro atoms. The number of amides is 1. The lowest BCUT2D eigenvalue weighted by Gasteiger charge is -2.29. The number of rotatable bonds is 6. The Morgan fingerprint density at radius 2 is 1.77 bits per heavy atom. The van der Waals surface area contributed by atoms with Gasteiger partial charge in [-0.1, -0.05) is 18.6 Å². The number of benzene rings is 2. The van der Waals surface area contributed by atoms with E-state index in [1.165, 1.54) is 38.5 Å². The SMILES string of the molecule is COC(=O)C1CCC(n2c(NC(=O)c3cccc(C(F)(F)F)c3)nc3ccc(CN4CCCCC4)cc32)CC1. The van der Waals surface area contributed by atoms with Crippen LogP contribution in [0.25, 0.3) is 11.0 Å².